The lowest BCUT2D eigenvalue weighted by atomic mass is 9.48. The van der Waals surface area contributed by atoms with E-state index in [0.29, 0.717) is 28.2 Å². The Morgan fingerprint density at radius 3 is 2.53 bits per heavy atom. The van der Waals surface area contributed by atoms with E-state index in [9.17, 15) is 4.79 Å². The maximum atomic E-state index is 12.7. The zero-order valence-corrected chi connectivity index (χ0v) is 23.4. The molecule has 0 heterocycles. The van der Waals surface area contributed by atoms with E-state index in [1.54, 1.807) is 11.1 Å². The quantitative estimate of drug-likeness (QED) is 0.358. The molecule has 0 amide bonds. The van der Waals surface area contributed by atoms with Crippen molar-refractivity contribution in [2.75, 3.05) is 0 Å². The molecule has 5 rings (SSSR count). The molecule has 2 saturated carbocycles. The smallest absolute Gasteiger partial charge is 0.338 e. The molecular formula is C34H48O2. The molecule has 1 aromatic carbocycles. The van der Waals surface area contributed by atoms with Crippen molar-refractivity contribution in [3.05, 3.63) is 59.2 Å². The summed E-state index contributed by atoms with van der Waals surface area (Å²) in [6.07, 6.45) is 17.7. The number of hydrogen-bond acceptors (Lipinski definition) is 2. The van der Waals surface area contributed by atoms with E-state index in [0.717, 1.165) is 37.0 Å². The zero-order chi connectivity index (χ0) is 25.5. The first-order valence-corrected chi connectivity index (χ1v) is 14.9. The van der Waals surface area contributed by atoms with Crippen molar-refractivity contribution >= 4 is 5.97 Å². The summed E-state index contributed by atoms with van der Waals surface area (Å²) < 4.78 is 6.01. The Balaban J connectivity index is 1.26. The summed E-state index contributed by atoms with van der Waals surface area (Å²) >= 11 is 0. The number of esters is 1. The second kappa shape index (κ2) is 10.1. The average Bonchev–Trinajstić information content (AvgIpc) is 3.22. The minimum absolute atomic E-state index is 0.0568. The van der Waals surface area contributed by atoms with Gasteiger partial charge in [0.2, 0.25) is 0 Å². The van der Waals surface area contributed by atoms with Gasteiger partial charge in [0.25, 0.3) is 0 Å². The highest BCUT2D eigenvalue weighted by Crippen LogP contribution is 2.65. The zero-order valence-electron chi connectivity index (χ0n) is 23.4. The second-order valence-electron chi connectivity index (χ2n) is 13.5. The lowest BCUT2D eigenvalue weighted by Crippen LogP contribution is -2.48. The molecule has 0 bridgehead atoms. The second-order valence-corrected chi connectivity index (χ2v) is 13.5. The standard InChI is InChI=1S/C34H48O2/c1-23(2)10-9-11-24(3)29-16-17-30-28-15-14-26-22-27(36-32(35)25-12-7-6-8-13-25)18-20-33(26,4)31(28)19-21-34(29,30)5/h6-8,12-13,15,17,23-24,26-27,29,31H,9-11,14,16,18-22H2,1-5H3/t24-,26+,27+,29-,31+,33-,34+/m0/s1. The monoisotopic (exact) mass is 488 g/mol. The van der Waals surface area contributed by atoms with E-state index in [1.165, 1.54) is 44.9 Å². The van der Waals surface area contributed by atoms with Gasteiger partial charge in [-0.15, -0.1) is 0 Å². The van der Waals surface area contributed by atoms with Crippen LogP contribution in [0.1, 0.15) is 109 Å². The number of benzene rings is 1. The van der Waals surface area contributed by atoms with Crippen molar-refractivity contribution < 1.29 is 9.53 Å². The van der Waals surface area contributed by atoms with Crippen molar-refractivity contribution in [1.29, 1.82) is 0 Å². The van der Waals surface area contributed by atoms with Crippen LogP contribution in [0, 0.1) is 40.4 Å². The third kappa shape index (κ3) is 4.63. The summed E-state index contributed by atoms with van der Waals surface area (Å²) in [5.41, 5.74) is 4.80. The fourth-order valence-electron chi connectivity index (χ4n) is 8.71. The maximum absolute atomic E-state index is 12.7. The maximum Gasteiger partial charge on any atom is 0.338 e. The minimum Gasteiger partial charge on any atom is -0.459 e. The van der Waals surface area contributed by atoms with E-state index in [2.05, 4.69) is 46.8 Å². The van der Waals surface area contributed by atoms with Crippen LogP contribution in [-0.2, 0) is 4.74 Å². The highest BCUT2D eigenvalue weighted by atomic mass is 16.5. The molecule has 4 aliphatic rings. The molecule has 0 aliphatic heterocycles. The van der Waals surface area contributed by atoms with E-state index in [-0.39, 0.29) is 12.1 Å². The summed E-state index contributed by atoms with van der Waals surface area (Å²) in [5, 5.41) is 0. The van der Waals surface area contributed by atoms with Crippen LogP contribution < -0.4 is 0 Å². The van der Waals surface area contributed by atoms with Crippen molar-refractivity contribution in [3.8, 4) is 0 Å². The van der Waals surface area contributed by atoms with Gasteiger partial charge in [-0.2, -0.15) is 0 Å². The number of carbonyl (C=O) groups excluding carboxylic acids is 1. The number of ether oxygens (including phenoxy) is 1. The van der Waals surface area contributed by atoms with Gasteiger partial charge in [-0.3, -0.25) is 0 Å². The van der Waals surface area contributed by atoms with Crippen molar-refractivity contribution in [3.63, 3.8) is 0 Å². The van der Waals surface area contributed by atoms with E-state index >= 15 is 0 Å². The van der Waals surface area contributed by atoms with E-state index in [4.69, 9.17) is 4.74 Å². The van der Waals surface area contributed by atoms with Gasteiger partial charge in [0.05, 0.1) is 5.56 Å². The van der Waals surface area contributed by atoms with Gasteiger partial charge in [0.1, 0.15) is 6.10 Å². The molecule has 0 N–H and O–H groups in total. The Labute approximate surface area is 220 Å². The van der Waals surface area contributed by atoms with Crippen LogP contribution in [0.3, 0.4) is 0 Å². The minimum atomic E-state index is -0.158. The Bertz CT molecular complexity index is 1000. The van der Waals surface area contributed by atoms with Gasteiger partial charge in [0.15, 0.2) is 0 Å². The Hall–Kier alpha value is -1.83. The van der Waals surface area contributed by atoms with Gasteiger partial charge in [-0.05, 0) is 109 Å². The Morgan fingerprint density at radius 1 is 1.00 bits per heavy atom. The average molecular weight is 489 g/mol. The molecule has 196 valence electrons. The number of allylic oxidation sites excluding steroid dienone is 4. The topological polar surface area (TPSA) is 26.3 Å². The summed E-state index contributed by atoms with van der Waals surface area (Å²) in [4.78, 5) is 12.7. The number of rotatable bonds is 7. The summed E-state index contributed by atoms with van der Waals surface area (Å²) in [5.74, 6) is 3.57. The molecule has 0 aromatic heterocycles. The first-order chi connectivity index (χ1) is 17.2. The van der Waals surface area contributed by atoms with Gasteiger partial charge in [-0.25, -0.2) is 4.79 Å². The predicted molar refractivity (Wildman–Crippen MR) is 149 cm³/mol. The normalized spacial score (nSPS) is 36.3. The van der Waals surface area contributed by atoms with Crippen molar-refractivity contribution in [2.45, 2.75) is 105 Å². The molecule has 2 nitrogen and oxygen atoms in total. The van der Waals surface area contributed by atoms with Crippen LogP contribution in [0.25, 0.3) is 0 Å². The Morgan fingerprint density at radius 2 is 1.78 bits per heavy atom. The number of carbonyl (C=O) groups is 1. The molecule has 0 radical (unpaired) electrons. The predicted octanol–water partition coefficient (Wildman–Crippen LogP) is 9.17. The van der Waals surface area contributed by atoms with Gasteiger partial charge >= 0.3 is 5.97 Å². The van der Waals surface area contributed by atoms with Crippen LogP contribution in [0.4, 0.5) is 0 Å². The summed E-state index contributed by atoms with van der Waals surface area (Å²) in [6, 6.07) is 9.48. The molecule has 0 spiro atoms. The fraction of sp³-hybridized carbons (Fsp3) is 0.676. The van der Waals surface area contributed by atoms with Crippen LogP contribution in [0.15, 0.2) is 53.6 Å². The van der Waals surface area contributed by atoms with Crippen LogP contribution in [0.2, 0.25) is 0 Å². The molecule has 0 unspecified atom stereocenters. The third-order valence-corrected chi connectivity index (χ3v) is 11.0. The molecule has 1 aromatic rings. The highest BCUT2D eigenvalue weighted by Gasteiger charge is 2.55. The first-order valence-electron chi connectivity index (χ1n) is 14.9. The number of hydrogen-bond donors (Lipinski definition) is 0. The molecule has 4 aliphatic carbocycles. The van der Waals surface area contributed by atoms with Gasteiger partial charge < -0.3 is 4.74 Å². The molecular weight excluding hydrogens is 440 g/mol. The highest BCUT2D eigenvalue weighted by molar-refractivity contribution is 5.89. The summed E-state index contributed by atoms with van der Waals surface area (Å²) in [7, 11) is 0. The SMILES string of the molecule is CC(C)CCC[C@H](C)[C@@H]1CC=C2C3=CC[C@@H]4C[C@H](OC(=O)c5ccccc5)CC[C@]4(C)[C@@H]3CC[C@@]21C. The molecule has 7 atom stereocenters. The van der Waals surface area contributed by atoms with Crippen LogP contribution >= 0.6 is 0 Å². The lowest BCUT2D eigenvalue weighted by Gasteiger charge is -2.56. The molecule has 36 heavy (non-hydrogen) atoms. The van der Waals surface area contributed by atoms with E-state index in [1.807, 2.05) is 30.3 Å². The Kier molecular flexibility index (Phi) is 7.27. The van der Waals surface area contributed by atoms with E-state index < -0.39 is 0 Å². The number of fused-ring (bicyclic) bond motifs is 5. The van der Waals surface area contributed by atoms with Crippen LogP contribution in [0.5, 0.6) is 0 Å². The van der Waals surface area contributed by atoms with Crippen molar-refractivity contribution in [1.82, 2.24) is 0 Å². The first kappa shape index (κ1) is 25.8. The molecule has 2 fully saturated rings. The van der Waals surface area contributed by atoms with Gasteiger partial charge in [0, 0.05) is 0 Å². The largest absolute Gasteiger partial charge is 0.459 e. The van der Waals surface area contributed by atoms with Crippen molar-refractivity contribution in [2.24, 2.45) is 40.4 Å². The van der Waals surface area contributed by atoms with Crippen LogP contribution in [-0.4, -0.2) is 12.1 Å². The molecule has 0 saturated heterocycles. The third-order valence-electron chi connectivity index (χ3n) is 11.0. The molecule has 2 heteroatoms. The summed E-state index contributed by atoms with van der Waals surface area (Å²) in [6.45, 7) is 12.4. The lowest BCUT2D eigenvalue weighted by molar-refractivity contribution is -0.0409. The van der Waals surface area contributed by atoms with Gasteiger partial charge in [-0.1, -0.05) is 84.2 Å². The fourth-order valence-corrected chi connectivity index (χ4v) is 8.71.